The number of methoxy groups -OCH3 is 2. The molecule has 2 N–H and O–H groups in total. The fraction of sp³-hybridized carbons (Fsp3) is 0.125. The van der Waals surface area contributed by atoms with Gasteiger partial charge in [0.25, 0.3) is 0 Å². The van der Waals surface area contributed by atoms with E-state index in [0.717, 1.165) is 0 Å². The lowest BCUT2D eigenvalue weighted by molar-refractivity contribution is 0.0393. The minimum atomic E-state index is -1.08. The Morgan fingerprint density at radius 1 is 0.783 bits per heavy atom. The van der Waals surface area contributed by atoms with Gasteiger partial charge in [0.15, 0.2) is 23.0 Å². The molecule has 0 saturated carbocycles. The van der Waals surface area contributed by atoms with Gasteiger partial charge in [0, 0.05) is 0 Å². The lowest BCUT2D eigenvalue weighted by Crippen LogP contribution is -2.13. The SMILES string of the molecule is COc1cccc(C(=O)OC(=O)c2cccc(OC)c2O)c1O. The molecule has 2 aromatic carbocycles. The summed E-state index contributed by atoms with van der Waals surface area (Å²) in [5, 5.41) is 19.7. The molecule has 2 rings (SSSR count). The van der Waals surface area contributed by atoms with Gasteiger partial charge >= 0.3 is 11.9 Å². The van der Waals surface area contributed by atoms with E-state index in [0.29, 0.717) is 0 Å². The standard InChI is InChI=1S/C16H14O7/c1-21-11-7-3-5-9(13(11)17)15(19)23-16(20)10-6-4-8-12(22-2)14(10)18/h3-8,17-18H,1-2H3. The van der Waals surface area contributed by atoms with E-state index in [1.54, 1.807) is 0 Å². The number of phenols is 2. The van der Waals surface area contributed by atoms with Crippen LogP contribution in [0.4, 0.5) is 0 Å². The van der Waals surface area contributed by atoms with Gasteiger partial charge in [-0.05, 0) is 24.3 Å². The molecule has 0 saturated heterocycles. The number of para-hydroxylation sites is 2. The number of ether oxygens (including phenoxy) is 3. The smallest absolute Gasteiger partial charge is 0.349 e. The van der Waals surface area contributed by atoms with E-state index in [4.69, 9.17) is 9.47 Å². The van der Waals surface area contributed by atoms with Crippen LogP contribution in [0.15, 0.2) is 36.4 Å². The minimum Gasteiger partial charge on any atom is -0.504 e. The van der Waals surface area contributed by atoms with Crippen LogP contribution < -0.4 is 9.47 Å². The topological polar surface area (TPSA) is 102 Å². The highest BCUT2D eigenvalue weighted by Crippen LogP contribution is 2.32. The fourth-order valence-corrected chi connectivity index (χ4v) is 1.90. The van der Waals surface area contributed by atoms with Crippen molar-refractivity contribution >= 4 is 11.9 Å². The third-order valence-corrected chi connectivity index (χ3v) is 3.06. The number of carbonyl (C=O) groups excluding carboxylic acids is 2. The third-order valence-electron chi connectivity index (χ3n) is 3.06. The maximum absolute atomic E-state index is 12.0. The molecule has 0 fully saturated rings. The largest absolute Gasteiger partial charge is 0.504 e. The summed E-state index contributed by atoms with van der Waals surface area (Å²) in [5.41, 5.74) is -0.472. The van der Waals surface area contributed by atoms with Gasteiger partial charge in [0.05, 0.1) is 14.2 Å². The molecule has 0 heterocycles. The summed E-state index contributed by atoms with van der Waals surface area (Å²) in [4.78, 5) is 24.0. The molecule has 120 valence electrons. The molecule has 0 amide bonds. The Balaban J connectivity index is 2.26. The number of aromatic hydroxyl groups is 2. The van der Waals surface area contributed by atoms with Crippen molar-refractivity contribution in [2.75, 3.05) is 14.2 Å². The Bertz CT molecular complexity index is 689. The van der Waals surface area contributed by atoms with Gasteiger partial charge in [-0.3, -0.25) is 0 Å². The molecule has 0 atom stereocenters. The van der Waals surface area contributed by atoms with Crippen LogP contribution in [-0.4, -0.2) is 36.4 Å². The Morgan fingerprint density at radius 2 is 1.17 bits per heavy atom. The molecule has 23 heavy (non-hydrogen) atoms. The summed E-state index contributed by atoms with van der Waals surface area (Å²) in [6, 6.07) is 8.37. The zero-order valence-electron chi connectivity index (χ0n) is 12.4. The number of phenolic OH excluding ortho intramolecular Hbond substituents is 2. The Hall–Kier alpha value is -3.22. The monoisotopic (exact) mass is 318 g/mol. The van der Waals surface area contributed by atoms with Crippen LogP contribution in [0.3, 0.4) is 0 Å². The first-order valence-corrected chi connectivity index (χ1v) is 6.48. The average molecular weight is 318 g/mol. The third kappa shape index (κ3) is 3.18. The van der Waals surface area contributed by atoms with Crippen molar-refractivity contribution in [2.45, 2.75) is 0 Å². The van der Waals surface area contributed by atoms with Gasteiger partial charge in [-0.25, -0.2) is 9.59 Å². The summed E-state index contributed by atoms with van der Waals surface area (Å²) in [6.45, 7) is 0. The first kappa shape index (κ1) is 16.2. The van der Waals surface area contributed by atoms with Crippen molar-refractivity contribution in [3.8, 4) is 23.0 Å². The summed E-state index contributed by atoms with van der Waals surface area (Å²) >= 11 is 0. The van der Waals surface area contributed by atoms with Crippen molar-refractivity contribution in [1.29, 1.82) is 0 Å². The number of hydrogen-bond donors (Lipinski definition) is 2. The summed E-state index contributed by atoms with van der Waals surface area (Å²) in [6.07, 6.45) is 0. The molecule has 0 radical (unpaired) electrons. The van der Waals surface area contributed by atoms with Crippen molar-refractivity contribution < 1.29 is 34.0 Å². The fourth-order valence-electron chi connectivity index (χ4n) is 1.90. The second-order valence-corrected chi connectivity index (χ2v) is 4.39. The second-order valence-electron chi connectivity index (χ2n) is 4.39. The molecule has 0 bridgehead atoms. The van der Waals surface area contributed by atoms with Crippen LogP contribution in [0, 0.1) is 0 Å². The van der Waals surface area contributed by atoms with E-state index >= 15 is 0 Å². The van der Waals surface area contributed by atoms with Gasteiger partial charge in [0.1, 0.15) is 11.1 Å². The van der Waals surface area contributed by atoms with E-state index in [1.807, 2.05) is 0 Å². The van der Waals surface area contributed by atoms with Crippen LogP contribution in [0.5, 0.6) is 23.0 Å². The summed E-state index contributed by atoms with van der Waals surface area (Å²) in [7, 11) is 2.65. The Labute approximate surface area is 131 Å². The van der Waals surface area contributed by atoms with Crippen molar-refractivity contribution in [3.63, 3.8) is 0 Å². The molecule has 0 aliphatic heterocycles. The zero-order chi connectivity index (χ0) is 17.0. The Morgan fingerprint density at radius 3 is 1.52 bits per heavy atom. The molecular formula is C16H14O7. The minimum absolute atomic E-state index is 0.0659. The van der Waals surface area contributed by atoms with Gasteiger partial charge in [0.2, 0.25) is 0 Å². The van der Waals surface area contributed by atoms with Crippen LogP contribution >= 0.6 is 0 Å². The first-order valence-electron chi connectivity index (χ1n) is 6.48. The Kier molecular flexibility index (Phi) is 4.70. The maximum Gasteiger partial charge on any atom is 0.349 e. The molecule has 2 aromatic rings. The highest BCUT2D eigenvalue weighted by atomic mass is 16.6. The van der Waals surface area contributed by atoms with Crippen LogP contribution in [0.25, 0.3) is 0 Å². The molecule has 0 unspecified atom stereocenters. The number of rotatable bonds is 4. The lowest BCUT2D eigenvalue weighted by Gasteiger charge is -2.09. The normalized spacial score (nSPS) is 10.0. The highest BCUT2D eigenvalue weighted by molar-refractivity contribution is 6.05. The number of hydrogen-bond acceptors (Lipinski definition) is 7. The molecule has 0 spiro atoms. The van der Waals surface area contributed by atoms with E-state index in [-0.39, 0.29) is 22.6 Å². The van der Waals surface area contributed by atoms with E-state index in [1.165, 1.54) is 50.6 Å². The van der Waals surface area contributed by atoms with Crippen LogP contribution in [0.2, 0.25) is 0 Å². The summed E-state index contributed by atoms with van der Waals surface area (Å²) in [5.74, 6) is -2.90. The molecular weight excluding hydrogens is 304 g/mol. The van der Waals surface area contributed by atoms with Crippen molar-refractivity contribution in [3.05, 3.63) is 47.5 Å². The van der Waals surface area contributed by atoms with E-state index < -0.39 is 23.4 Å². The highest BCUT2D eigenvalue weighted by Gasteiger charge is 2.23. The maximum atomic E-state index is 12.0. The van der Waals surface area contributed by atoms with Crippen molar-refractivity contribution in [2.24, 2.45) is 0 Å². The molecule has 7 nitrogen and oxygen atoms in total. The predicted molar refractivity (Wildman–Crippen MR) is 79.1 cm³/mol. The van der Waals surface area contributed by atoms with E-state index in [9.17, 15) is 19.8 Å². The number of benzene rings is 2. The number of esters is 2. The second kappa shape index (κ2) is 6.69. The molecule has 0 aliphatic carbocycles. The van der Waals surface area contributed by atoms with Crippen molar-refractivity contribution in [1.82, 2.24) is 0 Å². The van der Waals surface area contributed by atoms with E-state index in [2.05, 4.69) is 4.74 Å². The average Bonchev–Trinajstić information content (AvgIpc) is 2.55. The predicted octanol–water partition coefficient (Wildman–Crippen LogP) is 2.11. The summed E-state index contributed by atoms with van der Waals surface area (Å²) < 4.78 is 14.4. The van der Waals surface area contributed by atoms with Gasteiger partial charge in [-0.2, -0.15) is 0 Å². The van der Waals surface area contributed by atoms with Crippen LogP contribution in [-0.2, 0) is 4.74 Å². The first-order chi connectivity index (χ1) is 11.0. The zero-order valence-corrected chi connectivity index (χ0v) is 12.4. The van der Waals surface area contributed by atoms with Gasteiger partial charge < -0.3 is 24.4 Å². The molecule has 0 aromatic heterocycles. The quantitative estimate of drug-likeness (QED) is 0.657. The number of carbonyl (C=O) groups is 2. The van der Waals surface area contributed by atoms with Gasteiger partial charge in [-0.1, -0.05) is 12.1 Å². The molecule has 0 aliphatic rings. The van der Waals surface area contributed by atoms with Crippen LogP contribution in [0.1, 0.15) is 20.7 Å². The van der Waals surface area contributed by atoms with Gasteiger partial charge in [-0.15, -0.1) is 0 Å². The lowest BCUT2D eigenvalue weighted by atomic mass is 10.1. The molecule has 7 heteroatoms.